The van der Waals surface area contributed by atoms with Crippen molar-refractivity contribution in [2.45, 2.75) is 31.2 Å². The van der Waals surface area contributed by atoms with Gasteiger partial charge in [-0.15, -0.1) is 21.5 Å². The number of benzene rings is 2. The molecule has 5 rings (SSSR count). The molecule has 5 aromatic rings. The van der Waals surface area contributed by atoms with E-state index < -0.39 is 0 Å². The maximum Gasteiger partial charge on any atom is 0.230 e. The lowest BCUT2D eigenvalue weighted by Crippen LogP contribution is -2.22. The van der Waals surface area contributed by atoms with Crippen LogP contribution in [-0.2, 0) is 17.0 Å². The third kappa shape index (κ3) is 3.84. The van der Waals surface area contributed by atoms with E-state index in [1.807, 2.05) is 29.6 Å². The molecule has 0 unspecified atom stereocenters. The molecular weight excluding hydrogens is 446 g/mol. The number of carbonyl (C=O) groups is 1. The Morgan fingerprint density at radius 2 is 1.94 bits per heavy atom. The lowest BCUT2D eigenvalue weighted by molar-refractivity contribution is -0.115. The zero-order chi connectivity index (χ0) is 21.4. The normalized spacial score (nSPS) is 11.4. The van der Waals surface area contributed by atoms with Crippen molar-refractivity contribution in [2.24, 2.45) is 0 Å². The molecule has 0 fully saturated rings. The molecule has 0 radical (unpaired) electrons. The van der Waals surface area contributed by atoms with Gasteiger partial charge in [0.05, 0.1) is 21.6 Å². The van der Waals surface area contributed by atoms with Crippen molar-refractivity contribution in [2.75, 3.05) is 4.90 Å². The molecule has 9 heteroatoms. The van der Waals surface area contributed by atoms with Crippen LogP contribution in [0, 0.1) is 0 Å². The summed E-state index contributed by atoms with van der Waals surface area (Å²) in [7, 11) is 0. The average molecular weight is 466 g/mol. The van der Waals surface area contributed by atoms with Crippen LogP contribution in [-0.4, -0.2) is 25.5 Å². The van der Waals surface area contributed by atoms with Gasteiger partial charge < -0.3 is 0 Å². The third-order valence-electron chi connectivity index (χ3n) is 4.91. The lowest BCUT2D eigenvalue weighted by Gasteiger charge is -2.18. The number of para-hydroxylation sites is 1. The van der Waals surface area contributed by atoms with E-state index in [1.54, 1.807) is 34.9 Å². The zero-order valence-corrected chi connectivity index (χ0v) is 19.4. The Morgan fingerprint density at radius 3 is 2.71 bits per heavy atom. The quantitative estimate of drug-likeness (QED) is 0.290. The van der Waals surface area contributed by atoms with Crippen LogP contribution in [0.5, 0.6) is 0 Å². The molecule has 156 valence electrons. The molecule has 31 heavy (non-hydrogen) atoms. The van der Waals surface area contributed by atoms with Gasteiger partial charge in [0.1, 0.15) is 0 Å². The van der Waals surface area contributed by atoms with E-state index in [9.17, 15) is 4.79 Å². The number of carbonyl (C=O) groups excluding carboxylic acids is 1. The Bertz CT molecular complexity index is 1370. The molecule has 3 aromatic heterocycles. The minimum Gasteiger partial charge on any atom is -0.274 e. The fraction of sp³-hybridized carbons (Fsp3) is 0.182. The molecule has 0 atom stereocenters. The minimum atomic E-state index is -0.0540. The number of aromatic nitrogens is 4. The van der Waals surface area contributed by atoms with Crippen molar-refractivity contribution >= 4 is 66.3 Å². The Balaban J connectivity index is 1.38. The smallest absolute Gasteiger partial charge is 0.230 e. The molecule has 0 saturated carbocycles. The first-order valence-corrected chi connectivity index (χ1v) is 12.5. The fourth-order valence-electron chi connectivity index (χ4n) is 3.36. The van der Waals surface area contributed by atoms with Crippen LogP contribution in [0.15, 0.2) is 59.1 Å². The first kappa shape index (κ1) is 20.2. The highest BCUT2D eigenvalue weighted by Gasteiger charge is 2.19. The molecule has 0 aliphatic carbocycles. The van der Waals surface area contributed by atoms with Gasteiger partial charge in [-0.1, -0.05) is 54.3 Å². The summed E-state index contributed by atoms with van der Waals surface area (Å²) in [4.78, 5) is 19.6. The molecule has 0 bridgehead atoms. The summed E-state index contributed by atoms with van der Waals surface area (Å²) in [5.74, 6) is 0.601. The van der Waals surface area contributed by atoms with Crippen LogP contribution in [0.25, 0.3) is 15.2 Å². The second kappa shape index (κ2) is 8.41. The predicted molar refractivity (Wildman–Crippen MR) is 129 cm³/mol. The SMILES string of the molecule is CCc1ccc(N(C(C)=O)c2nc(CSc3nnc4sc5ccccc5n34)cs2)cc1. The number of rotatable bonds is 6. The molecule has 0 N–H and O–H groups in total. The topological polar surface area (TPSA) is 63.4 Å². The van der Waals surface area contributed by atoms with E-state index >= 15 is 0 Å². The second-order valence-electron chi connectivity index (χ2n) is 6.95. The van der Waals surface area contributed by atoms with Gasteiger partial charge in [-0.2, -0.15) is 0 Å². The average Bonchev–Trinajstić information content (AvgIpc) is 3.48. The zero-order valence-electron chi connectivity index (χ0n) is 17.0. The summed E-state index contributed by atoms with van der Waals surface area (Å²) >= 11 is 4.71. The number of hydrogen-bond donors (Lipinski definition) is 0. The molecule has 6 nitrogen and oxygen atoms in total. The summed E-state index contributed by atoms with van der Waals surface area (Å²) in [5.41, 5.74) is 4.11. The summed E-state index contributed by atoms with van der Waals surface area (Å²) in [6.45, 7) is 3.68. The van der Waals surface area contributed by atoms with Gasteiger partial charge in [-0.3, -0.25) is 14.1 Å². The van der Waals surface area contributed by atoms with Crippen LogP contribution in [0.2, 0.25) is 0 Å². The van der Waals surface area contributed by atoms with E-state index in [2.05, 4.69) is 45.8 Å². The molecule has 1 amide bonds. The minimum absolute atomic E-state index is 0.0540. The summed E-state index contributed by atoms with van der Waals surface area (Å²) in [6, 6.07) is 16.3. The van der Waals surface area contributed by atoms with Crippen molar-refractivity contribution in [1.29, 1.82) is 0 Å². The maximum atomic E-state index is 12.4. The standard InChI is InChI=1S/C22H19N5OS3/c1-3-15-8-10-17(11-9-15)26(14(2)28)20-23-16(12-29-20)13-30-21-24-25-22-27(21)18-6-4-5-7-19(18)31-22/h4-12H,3,13H2,1-2H3. The number of nitrogens with zero attached hydrogens (tertiary/aromatic N) is 5. The van der Waals surface area contributed by atoms with E-state index in [-0.39, 0.29) is 5.91 Å². The number of thioether (sulfide) groups is 1. The van der Waals surface area contributed by atoms with Gasteiger partial charge >= 0.3 is 0 Å². The van der Waals surface area contributed by atoms with E-state index in [0.717, 1.165) is 33.4 Å². The molecular formula is C22H19N5OS3. The predicted octanol–water partition coefficient (Wildman–Crippen LogP) is 5.94. The van der Waals surface area contributed by atoms with E-state index in [0.29, 0.717) is 10.9 Å². The van der Waals surface area contributed by atoms with Crippen LogP contribution >= 0.6 is 34.4 Å². The largest absolute Gasteiger partial charge is 0.274 e. The van der Waals surface area contributed by atoms with Crippen LogP contribution < -0.4 is 4.90 Å². The molecule has 0 saturated heterocycles. The molecule has 3 heterocycles. The van der Waals surface area contributed by atoms with Gasteiger partial charge in [-0.25, -0.2) is 4.98 Å². The highest BCUT2D eigenvalue weighted by molar-refractivity contribution is 7.98. The van der Waals surface area contributed by atoms with E-state index in [1.165, 1.54) is 21.6 Å². The number of fused-ring (bicyclic) bond motifs is 3. The van der Waals surface area contributed by atoms with Gasteiger partial charge in [0.25, 0.3) is 0 Å². The maximum absolute atomic E-state index is 12.4. The number of thiazole rings is 2. The van der Waals surface area contributed by atoms with Crippen molar-refractivity contribution < 1.29 is 4.79 Å². The van der Waals surface area contributed by atoms with Crippen molar-refractivity contribution in [1.82, 2.24) is 19.6 Å². The van der Waals surface area contributed by atoms with Gasteiger partial charge in [0, 0.05) is 18.1 Å². The van der Waals surface area contributed by atoms with Crippen molar-refractivity contribution in [3.63, 3.8) is 0 Å². The summed E-state index contributed by atoms with van der Waals surface area (Å²) in [5, 5.41) is 12.2. The Labute approximate surface area is 191 Å². The first-order chi connectivity index (χ1) is 15.1. The van der Waals surface area contributed by atoms with Crippen LogP contribution in [0.1, 0.15) is 25.1 Å². The Morgan fingerprint density at radius 1 is 1.13 bits per heavy atom. The lowest BCUT2D eigenvalue weighted by atomic mass is 10.1. The molecule has 2 aromatic carbocycles. The number of hydrogen-bond acceptors (Lipinski definition) is 7. The van der Waals surface area contributed by atoms with Gasteiger partial charge in [0.15, 0.2) is 10.3 Å². The van der Waals surface area contributed by atoms with E-state index in [4.69, 9.17) is 4.98 Å². The number of aryl methyl sites for hydroxylation is 1. The molecule has 0 aliphatic rings. The van der Waals surface area contributed by atoms with Crippen LogP contribution in [0.4, 0.5) is 10.8 Å². The first-order valence-electron chi connectivity index (χ1n) is 9.83. The Hall–Kier alpha value is -2.75. The van der Waals surface area contributed by atoms with Crippen molar-refractivity contribution in [3.8, 4) is 0 Å². The number of amides is 1. The highest BCUT2D eigenvalue weighted by Crippen LogP contribution is 2.33. The molecule has 0 spiro atoms. The second-order valence-corrected chi connectivity index (χ2v) is 9.74. The van der Waals surface area contributed by atoms with Gasteiger partial charge in [-0.05, 0) is 36.2 Å². The van der Waals surface area contributed by atoms with Crippen molar-refractivity contribution in [3.05, 3.63) is 65.2 Å². The third-order valence-corrected chi connectivity index (χ3v) is 7.76. The summed E-state index contributed by atoms with van der Waals surface area (Å²) in [6.07, 6.45) is 0.967. The number of anilines is 2. The monoisotopic (exact) mass is 465 g/mol. The molecule has 0 aliphatic heterocycles. The fourth-order valence-corrected chi connectivity index (χ4v) is 6.21. The van der Waals surface area contributed by atoms with Gasteiger partial charge in [0.2, 0.25) is 10.9 Å². The Kier molecular flexibility index (Phi) is 5.47. The van der Waals surface area contributed by atoms with Crippen LogP contribution in [0.3, 0.4) is 0 Å². The summed E-state index contributed by atoms with van der Waals surface area (Å²) < 4.78 is 3.28. The highest BCUT2D eigenvalue weighted by atomic mass is 32.2.